The van der Waals surface area contributed by atoms with Crippen LogP contribution in [-0.2, 0) is 21.2 Å². The molecule has 0 saturated heterocycles. The van der Waals surface area contributed by atoms with E-state index in [1.165, 1.54) is 0 Å². The van der Waals surface area contributed by atoms with Crippen molar-refractivity contribution in [1.29, 1.82) is 0 Å². The van der Waals surface area contributed by atoms with Crippen LogP contribution in [0.2, 0.25) is 0 Å². The van der Waals surface area contributed by atoms with Gasteiger partial charge >= 0.3 is 5.97 Å². The first-order valence-electron chi connectivity index (χ1n) is 9.15. The number of carbonyl (C=O) groups is 1. The lowest BCUT2D eigenvalue weighted by atomic mass is 10.0. The Bertz CT molecular complexity index is 1340. The Hall–Kier alpha value is -3.65. The molecule has 0 atom stereocenters. The number of sulfonamides is 1. The fourth-order valence-electron chi connectivity index (χ4n) is 3.35. The number of rotatable bonds is 6. The average molecular weight is 421 g/mol. The van der Waals surface area contributed by atoms with Gasteiger partial charge in [0.1, 0.15) is 5.65 Å². The maximum absolute atomic E-state index is 11.5. The molecule has 0 radical (unpaired) electrons. The number of pyridine rings is 1. The number of H-pyrrole nitrogens is 1. The van der Waals surface area contributed by atoms with Gasteiger partial charge in [-0.3, -0.25) is 9.52 Å². The molecule has 2 aromatic carbocycles. The van der Waals surface area contributed by atoms with Gasteiger partial charge < -0.3 is 10.1 Å². The lowest BCUT2D eigenvalue weighted by Gasteiger charge is -2.07. The van der Waals surface area contributed by atoms with Gasteiger partial charge in [-0.05, 0) is 34.9 Å². The molecule has 4 rings (SSSR count). The number of hydrogen-bond acceptors (Lipinski definition) is 4. The summed E-state index contributed by atoms with van der Waals surface area (Å²) in [6.07, 6.45) is 4.70. The predicted octanol–water partition coefficient (Wildman–Crippen LogP) is 3.90. The van der Waals surface area contributed by atoms with Gasteiger partial charge in [0, 0.05) is 34.6 Å². The van der Waals surface area contributed by atoms with E-state index in [1.807, 2.05) is 30.5 Å². The Kier molecular flexibility index (Phi) is 5.01. The minimum absolute atomic E-state index is 0.0161. The van der Waals surface area contributed by atoms with Crippen LogP contribution in [0.3, 0.4) is 0 Å². The van der Waals surface area contributed by atoms with Gasteiger partial charge in [-0.25, -0.2) is 13.4 Å². The molecule has 0 aliphatic heterocycles. The van der Waals surface area contributed by atoms with E-state index in [0.717, 1.165) is 45.1 Å². The number of anilines is 1. The molecule has 0 bridgehead atoms. The lowest BCUT2D eigenvalue weighted by molar-refractivity contribution is -0.136. The van der Waals surface area contributed by atoms with Gasteiger partial charge in [0.05, 0.1) is 12.7 Å². The normalized spacial score (nSPS) is 11.5. The minimum Gasteiger partial charge on any atom is -0.481 e. The third-order valence-corrected chi connectivity index (χ3v) is 5.26. The van der Waals surface area contributed by atoms with Crippen LogP contribution in [-0.4, -0.2) is 35.7 Å². The zero-order valence-corrected chi connectivity index (χ0v) is 16.9. The summed E-state index contributed by atoms with van der Waals surface area (Å²) < 4.78 is 25.5. The van der Waals surface area contributed by atoms with Gasteiger partial charge in [-0.2, -0.15) is 0 Å². The number of nitrogens with zero attached hydrogens (tertiary/aromatic N) is 1. The standard InChI is InChI=1S/C22H19N3O4S/c1-30(28,29)25-18-4-2-3-16(10-18)17-11-19-20(13-24-22(19)23-12-17)15-7-5-14(6-8-15)9-21(26)27/h2-8,10-13,25H,9H2,1H3,(H,23,24)(H,26,27). The highest BCUT2D eigenvalue weighted by molar-refractivity contribution is 7.92. The Morgan fingerprint density at radius 1 is 1.07 bits per heavy atom. The van der Waals surface area contributed by atoms with E-state index in [0.29, 0.717) is 5.69 Å². The lowest BCUT2D eigenvalue weighted by Crippen LogP contribution is -2.09. The molecule has 4 aromatic rings. The zero-order chi connectivity index (χ0) is 21.3. The Morgan fingerprint density at radius 3 is 2.53 bits per heavy atom. The number of benzene rings is 2. The molecule has 0 fully saturated rings. The molecular formula is C22H19N3O4S. The zero-order valence-electron chi connectivity index (χ0n) is 16.1. The predicted molar refractivity (Wildman–Crippen MR) is 117 cm³/mol. The van der Waals surface area contributed by atoms with Crippen molar-refractivity contribution >= 4 is 32.7 Å². The molecule has 3 N–H and O–H groups in total. The minimum atomic E-state index is -3.36. The first-order chi connectivity index (χ1) is 14.3. The second-order valence-electron chi connectivity index (χ2n) is 7.04. The molecule has 0 aliphatic carbocycles. The van der Waals surface area contributed by atoms with E-state index in [1.54, 1.807) is 36.5 Å². The number of carboxylic acid groups (broad SMARTS) is 1. The van der Waals surface area contributed by atoms with E-state index < -0.39 is 16.0 Å². The maximum atomic E-state index is 11.5. The van der Waals surface area contributed by atoms with Crippen molar-refractivity contribution in [1.82, 2.24) is 9.97 Å². The number of aromatic nitrogens is 2. The van der Waals surface area contributed by atoms with Crippen molar-refractivity contribution in [2.45, 2.75) is 6.42 Å². The molecule has 0 aliphatic rings. The molecule has 152 valence electrons. The monoisotopic (exact) mass is 421 g/mol. The largest absolute Gasteiger partial charge is 0.481 e. The SMILES string of the molecule is CS(=O)(=O)Nc1cccc(-c2cnc3[nH]cc(-c4ccc(CC(=O)O)cc4)c3c2)c1. The number of aromatic amines is 1. The summed E-state index contributed by atoms with van der Waals surface area (Å²) in [7, 11) is -3.36. The van der Waals surface area contributed by atoms with Crippen molar-refractivity contribution in [2.24, 2.45) is 0 Å². The van der Waals surface area contributed by atoms with E-state index >= 15 is 0 Å². The summed E-state index contributed by atoms with van der Waals surface area (Å²) in [6, 6.07) is 16.5. The smallest absolute Gasteiger partial charge is 0.307 e. The topological polar surface area (TPSA) is 112 Å². The number of carboxylic acids is 1. The van der Waals surface area contributed by atoms with Crippen molar-refractivity contribution in [3.05, 3.63) is 72.6 Å². The second kappa shape index (κ2) is 7.64. The summed E-state index contributed by atoms with van der Waals surface area (Å²) in [5, 5.41) is 9.85. The van der Waals surface area contributed by atoms with E-state index in [9.17, 15) is 13.2 Å². The summed E-state index contributed by atoms with van der Waals surface area (Å²) in [4.78, 5) is 18.5. The Balaban J connectivity index is 1.72. The molecule has 2 heterocycles. The molecule has 0 spiro atoms. The van der Waals surface area contributed by atoms with Gasteiger partial charge in [0.25, 0.3) is 0 Å². The van der Waals surface area contributed by atoms with Crippen LogP contribution in [0.4, 0.5) is 5.69 Å². The third-order valence-electron chi connectivity index (χ3n) is 4.65. The number of hydrogen-bond donors (Lipinski definition) is 3. The van der Waals surface area contributed by atoms with Crippen LogP contribution < -0.4 is 4.72 Å². The molecule has 0 amide bonds. The van der Waals surface area contributed by atoms with Crippen LogP contribution in [0.15, 0.2) is 67.0 Å². The Morgan fingerprint density at radius 2 is 1.83 bits per heavy atom. The van der Waals surface area contributed by atoms with Crippen LogP contribution in [0, 0.1) is 0 Å². The maximum Gasteiger partial charge on any atom is 0.307 e. The van der Waals surface area contributed by atoms with Crippen LogP contribution in [0.25, 0.3) is 33.3 Å². The molecule has 0 saturated carbocycles. The van der Waals surface area contributed by atoms with Crippen LogP contribution >= 0.6 is 0 Å². The molecule has 30 heavy (non-hydrogen) atoms. The van der Waals surface area contributed by atoms with Gasteiger partial charge in [0.15, 0.2) is 0 Å². The molecular weight excluding hydrogens is 402 g/mol. The van der Waals surface area contributed by atoms with Gasteiger partial charge in [-0.1, -0.05) is 36.4 Å². The first-order valence-corrected chi connectivity index (χ1v) is 11.0. The average Bonchev–Trinajstić information content (AvgIpc) is 3.10. The first kappa shape index (κ1) is 19.7. The highest BCUT2D eigenvalue weighted by Gasteiger charge is 2.11. The van der Waals surface area contributed by atoms with Crippen molar-refractivity contribution in [3.63, 3.8) is 0 Å². The van der Waals surface area contributed by atoms with Crippen LogP contribution in [0.5, 0.6) is 0 Å². The molecule has 2 aromatic heterocycles. The second-order valence-corrected chi connectivity index (χ2v) is 8.79. The summed E-state index contributed by atoms with van der Waals surface area (Å²) in [5.41, 5.74) is 5.53. The van der Waals surface area contributed by atoms with Crippen molar-refractivity contribution < 1.29 is 18.3 Å². The number of aliphatic carboxylic acids is 1. The summed E-state index contributed by atoms with van der Waals surface area (Å²) in [5.74, 6) is -0.865. The molecule has 7 nitrogen and oxygen atoms in total. The molecule has 0 unspecified atom stereocenters. The molecule has 8 heteroatoms. The fourth-order valence-corrected chi connectivity index (χ4v) is 3.91. The number of fused-ring (bicyclic) bond motifs is 1. The quantitative estimate of drug-likeness (QED) is 0.437. The van der Waals surface area contributed by atoms with Crippen molar-refractivity contribution in [3.8, 4) is 22.3 Å². The summed E-state index contributed by atoms with van der Waals surface area (Å²) in [6.45, 7) is 0. The fraction of sp³-hybridized carbons (Fsp3) is 0.0909. The Labute approximate surface area is 173 Å². The highest BCUT2D eigenvalue weighted by atomic mass is 32.2. The van der Waals surface area contributed by atoms with Crippen molar-refractivity contribution in [2.75, 3.05) is 11.0 Å². The highest BCUT2D eigenvalue weighted by Crippen LogP contribution is 2.32. The third kappa shape index (κ3) is 4.33. The van der Waals surface area contributed by atoms with E-state index in [2.05, 4.69) is 14.7 Å². The van der Waals surface area contributed by atoms with Gasteiger partial charge in [-0.15, -0.1) is 0 Å². The number of nitrogens with one attached hydrogen (secondary N) is 2. The van der Waals surface area contributed by atoms with Crippen LogP contribution in [0.1, 0.15) is 5.56 Å². The van der Waals surface area contributed by atoms with Gasteiger partial charge in [0.2, 0.25) is 10.0 Å². The van der Waals surface area contributed by atoms with E-state index in [-0.39, 0.29) is 6.42 Å². The van der Waals surface area contributed by atoms with E-state index in [4.69, 9.17) is 5.11 Å². The summed E-state index contributed by atoms with van der Waals surface area (Å²) >= 11 is 0.